The van der Waals surface area contributed by atoms with Gasteiger partial charge in [-0.05, 0) is 25.0 Å². The number of hydrazine groups is 1. The summed E-state index contributed by atoms with van der Waals surface area (Å²) in [5.41, 5.74) is 6.82. The van der Waals surface area contributed by atoms with Gasteiger partial charge in [0.1, 0.15) is 6.26 Å². The highest BCUT2D eigenvalue weighted by atomic mass is 16.3. The summed E-state index contributed by atoms with van der Waals surface area (Å²) in [6.07, 6.45) is 5.58. The monoisotopic (exact) mass is 380 g/mol. The van der Waals surface area contributed by atoms with Crippen molar-refractivity contribution in [2.24, 2.45) is 5.92 Å². The van der Waals surface area contributed by atoms with E-state index in [2.05, 4.69) is 15.8 Å². The molecule has 0 spiro atoms. The molecule has 3 N–H and O–H groups in total. The first-order valence-electron chi connectivity index (χ1n) is 9.11. The lowest BCUT2D eigenvalue weighted by Crippen LogP contribution is -2.48. The molecule has 0 unspecified atom stereocenters. The van der Waals surface area contributed by atoms with Crippen LogP contribution >= 0.6 is 0 Å². The molecule has 0 bridgehead atoms. The highest BCUT2D eigenvalue weighted by molar-refractivity contribution is 6.07. The molecule has 3 heterocycles. The van der Waals surface area contributed by atoms with Crippen LogP contribution < -0.4 is 10.9 Å². The van der Waals surface area contributed by atoms with Crippen molar-refractivity contribution in [1.29, 1.82) is 0 Å². The quantitative estimate of drug-likeness (QED) is 0.605. The Labute approximate surface area is 160 Å². The normalized spacial score (nSPS) is 14.8. The first-order valence-corrected chi connectivity index (χ1v) is 9.11. The van der Waals surface area contributed by atoms with Crippen LogP contribution in [0.25, 0.3) is 10.9 Å². The van der Waals surface area contributed by atoms with Crippen LogP contribution in [0.4, 0.5) is 0 Å². The van der Waals surface area contributed by atoms with Gasteiger partial charge in [0.15, 0.2) is 0 Å². The van der Waals surface area contributed by atoms with E-state index in [4.69, 9.17) is 4.42 Å². The molecule has 2 aromatic heterocycles. The van der Waals surface area contributed by atoms with Gasteiger partial charge in [0.2, 0.25) is 5.91 Å². The number of aromatic amines is 1. The van der Waals surface area contributed by atoms with Crippen molar-refractivity contribution >= 4 is 28.6 Å². The van der Waals surface area contributed by atoms with Crippen molar-refractivity contribution in [2.45, 2.75) is 12.8 Å². The summed E-state index contributed by atoms with van der Waals surface area (Å²) in [5.74, 6) is -0.973. The van der Waals surface area contributed by atoms with Gasteiger partial charge in [-0.3, -0.25) is 25.2 Å². The molecule has 0 radical (unpaired) electrons. The smallest absolute Gasteiger partial charge is 0.271 e. The molecule has 1 aromatic carbocycles. The van der Waals surface area contributed by atoms with E-state index >= 15 is 0 Å². The lowest BCUT2D eigenvalue weighted by Gasteiger charge is -2.31. The Kier molecular flexibility index (Phi) is 4.84. The largest absolute Gasteiger partial charge is 0.472 e. The average Bonchev–Trinajstić information content (AvgIpc) is 3.41. The maximum absolute atomic E-state index is 12.4. The van der Waals surface area contributed by atoms with Crippen LogP contribution in [0.1, 0.15) is 33.6 Å². The van der Waals surface area contributed by atoms with Crippen molar-refractivity contribution in [3.63, 3.8) is 0 Å². The van der Waals surface area contributed by atoms with Crippen LogP contribution in [0.15, 0.2) is 53.5 Å². The van der Waals surface area contributed by atoms with Gasteiger partial charge in [0.25, 0.3) is 11.8 Å². The summed E-state index contributed by atoms with van der Waals surface area (Å²) in [6.45, 7) is 0.969. The number of piperidine rings is 1. The second-order valence-corrected chi connectivity index (χ2v) is 6.77. The maximum Gasteiger partial charge on any atom is 0.271 e. The third-order valence-corrected chi connectivity index (χ3v) is 5.05. The van der Waals surface area contributed by atoms with Gasteiger partial charge < -0.3 is 14.3 Å². The van der Waals surface area contributed by atoms with E-state index in [9.17, 15) is 14.4 Å². The number of para-hydroxylation sites is 1. The average molecular weight is 380 g/mol. The Morgan fingerprint density at radius 1 is 1.07 bits per heavy atom. The molecule has 8 nitrogen and oxygen atoms in total. The van der Waals surface area contributed by atoms with E-state index in [-0.39, 0.29) is 23.6 Å². The summed E-state index contributed by atoms with van der Waals surface area (Å²) >= 11 is 0. The predicted molar refractivity (Wildman–Crippen MR) is 101 cm³/mol. The van der Waals surface area contributed by atoms with Gasteiger partial charge in [0.05, 0.1) is 17.4 Å². The van der Waals surface area contributed by atoms with E-state index in [0.29, 0.717) is 37.1 Å². The number of carbonyl (C=O) groups excluding carboxylic acids is 3. The third kappa shape index (κ3) is 3.48. The zero-order valence-corrected chi connectivity index (χ0v) is 15.1. The Morgan fingerprint density at radius 2 is 1.86 bits per heavy atom. The van der Waals surface area contributed by atoms with E-state index in [0.717, 1.165) is 10.9 Å². The molecule has 1 aliphatic rings. The molecule has 0 atom stereocenters. The van der Waals surface area contributed by atoms with Gasteiger partial charge >= 0.3 is 0 Å². The fourth-order valence-corrected chi connectivity index (χ4v) is 3.46. The number of hydrogen-bond donors (Lipinski definition) is 3. The van der Waals surface area contributed by atoms with Gasteiger partial charge in [-0.15, -0.1) is 0 Å². The van der Waals surface area contributed by atoms with E-state index in [1.54, 1.807) is 17.2 Å². The molecule has 0 saturated carbocycles. The SMILES string of the molecule is O=C(NNC(=O)C1CCN(C(=O)c2ccoc2)CC1)c1c[nH]c2ccccc12. The number of hydrogen-bond acceptors (Lipinski definition) is 4. The van der Waals surface area contributed by atoms with Gasteiger partial charge in [-0.2, -0.15) is 0 Å². The summed E-state index contributed by atoms with van der Waals surface area (Å²) in [5, 5.41) is 0.792. The first-order chi connectivity index (χ1) is 13.6. The van der Waals surface area contributed by atoms with Crippen LogP contribution in [0.5, 0.6) is 0 Å². The number of amides is 3. The second kappa shape index (κ2) is 7.59. The molecular weight excluding hydrogens is 360 g/mol. The molecule has 1 fully saturated rings. The fraction of sp³-hybridized carbons (Fsp3) is 0.250. The minimum atomic E-state index is -0.377. The third-order valence-electron chi connectivity index (χ3n) is 5.05. The van der Waals surface area contributed by atoms with E-state index < -0.39 is 0 Å². The Balaban J connectivity index is 1.29. The number of nitrogens with zero attached hydrogens (tertiary/aromatic N) is 1. The Morgan fingerprint density at radius 3 is 2.61 bits per heavy atom. The molecule has 4 rings (SSSR count). The summed E-state index contributed by atoms with van der Waals surface area (Å²) in [7, 11) is 0. The molecule has 8 heteroatoms. The van der Waals surface area contributed by atoms with Crippen LogP contribution in [-0.2, 0) is 4.79 Å². The molecule has 1 aliphatic heterocycles. The van der Waals surface area contributed by atoms with Crippen molar-refractivity contribution in [3.8, 4) is 0 Å². The number of benzene rings is 1. The molecule has 28 heavy (non-hydrogen) atoms. The first kappa shape index (κ1) is 17.8. The van der Waals surface area contributed by atoms with Gasteiger partial charge in [-0.25, -0.2) is 0 Å². The predicted octanol–water partition coefficient (Wildman–Crippen LogP) is 2.07. The van der Waals surface area contributed by atoms with Crippen molar-refractivity contribution in [2.75, 3.05) is 13.1 Å². The number of fused-ring (bicyclic) bond motifs is 1. The molecule has 1 saturated heterocycles. The molecule has 3 amide bonds. The molecular formula is C20H20N4O4. The minimum absolute atomic E-state index is 0.0970. The van der Waals surface area contributed by atoms with E-state index in [1.165, 1.54) is 12.5 Å². The number of aromatic nitrogens is 1. The Hall–Kier alpha value is -3.55. The summed E-state index contributed by atoms with van der Waals surface area (Å²) in [6, 6.07) is 9.08. The Bertz CT molecular complexity index is 1000. The van der Waals surface area contributed by atoms with Crippen molar-refractivity contribution in [3.05, 3.63) is 60.2 Å². The minimum Gasteiger partial charge on any atom is -0.472 e. The number of rotatable bonds is 3. The van der Waals surface area contributed by atoms with Crippen molar-refractivity contribution in [1.82, 2.24) is 20.7 Å². The highest BCUT2D eigenvalue weighted by Gasteiger charge is 2.28. The van der Waals surface area contributed by atoms with Crippen LogP contribution in [0, 0.1) is 5.92 Å². The van der Waals surface area contributed by atoms with Crippen LogP contribution in [0.3, 0.4) is 0 Å². The zero-order chi connectivity index (χ0) is 19.5. The second-order valence-electron chi connectivity index (χ2n) is 6.77. The van der Waals surface area contributed by atoms with E-state index in [1.807, 2.05) is 24.3 Å². The standard InChI is InChI=1S/C20H20N4O4/c25-18(13-5-8-24(9-6-13)20(27)14-7-10-28-12-14)22-23-19(26)16-11-21-17-4-2-1-3-15(16)17/h1-4,7,10-13,21H,5-6,8-9H2,(H,22,25)(H,23,26). The number of carbonyl (C=O) groups is 3. The molecule has 3 aromatic rings. The molecule has 0 aliphatic carbocycles. The lowest BCUT2D eigenvalue weighted by molar-refractivity contribution is -0.127. The highest BCUT2D eigenvalue weighted by Crippen LogP contribution is 2.20. The number of likely N-dealkylation sites (tertiary alicyclic amines) is 1. The summed E-state index contributed by atoms with van der Waals surface area (Å²) < 4.78 is 4.94. The van der Waals surface area contributed by atoms with Gasteiger partial charge in [0, 0.05) is 36.1 Å². The number of nitrogens with one attached hydrogen (secondary N) is 3. The lowest BCUT2D eigenvalue weighted by atomic mass is 9.96. The fourth-order valence-electron chi connectivity index (χ4n) is 3.46. The maximum atomic E-state index is 12.4. The number of H-pyrrole nitrogens is 1. The van der Waals surface area contributed by atoms with Gasteiger partial charge in [-0.1, -0.05) is 18.2 Å². The molecule has 144 valence electrons. The van der Waals surface area contributed by atoms with Crippen molar-refractivity contribution < 1.29 is 18.8 Å². The zero-order valence-electron chi connectivity index (χ0n) is 15.1. The topological polar surface area (TPSA) is 107 Å². The van der Waals surface area contributed by atoms with Crippen LogP contribution in [-0.4, -0.2) is 40.7 Å². The number of furan rings is 1. The summed E-state index contributed by atoms with van der Waals surface area (Å²) in [4.78, 5) is 41.8. The van der Waals surface area contributed by atoms with Crippen LogP contribution in [0.2, 0.25) is 0 Å².